The Kier molecular flexibility index (Phi) is 4.61. The van der Waals surface area contributed by atoms with E-state index in [1.165, 1.54) is 10.3 Å². The van der Waals surface area contributed by atoms with Crippen LogP contribution in [0.5, 0.6) is 0 Å². The average Bonchev–Trinajstić information content (AvgIpc) is 2.96. The average molecular weight is 355 g/mol. The van der Waals surface area contributed by atoms with E-state index in [0.29, 0.717) is 5.95 Å². The molecule has 7 heteroatoms. The number of morpholine rings is 1. The van der Waals surface area contributed by atoms with Gasteiger partial charge in [0, 0.05) is 31.0 Å². The topological polar surface area (TPSA) is 63.2 Å². The van der Waals surface area contributed by atoms with Crippen molar-refractivity contribution in [1.29, 1.82) is 0 Å². The second-order valence-electron chi connectivity index (χ2n) is 6.31. The molecule has 0 aliphatic carbocycles. The maximum Gasteiger partial charge on any atom is 0.229 e. The van der Waals surface area contributed by atoms with E-state index in [1.807, 2.05) is 19.9 Å². The molecular formula is C18H21N5OS. The second kappa shape index (κ2) is 7.03. The standard InChI is InChI=1S/C18H21N5OS/c1-12-9-13(2)20-17(19-12)22-18-21-15-4-3-14(10-16(15)25-18)11-23-5-7-24-8-6-23/h3-4,9-10H,5-8,11H2,1-2H3,(H,19,20,21,22). The van der Waals surface area contributed by atoms with E-state index >= 15 is 0 Å². The van der Waals surface area contributed by atoms with Crippen LogP contribution in [-0.4, -0.2) is 46.2 Å². The van der Waals surface area contributed by atoms with Crippen molar-refractivity contribution in [3.05, 3.63) is 41.2 Å². The largest absolute Gasteiger partial charge is 0.379 e. The molecular weight excluding hydrogens is 334 g/mol. The summed E-state index contributed by atoms with van der Waals surface area (Å²) in [5.74, 6) is 0.602. The number of nitrogens with one attached hydrogen (secondary N) is 1. The molecule has 0 atom stereocenters. The van der Waals surface area contributed by atoms with E-state index < -0.39 is 0 Å². The summed E-state index contributed by atoms with van der Waals surface area (Å²) in [4.78, 5) is 15.9. The molecule has 0 spiro atoms. The number of aromatic nitrogens is 3. The maximum absolute atomic E-state index is 5.41. The van der Waals surface area contributed by atoms with Crippen molar-refractivity contribution >= 4 is 32.6 Å². The Labute approximate surface area is 150 Å². The van der Waals surface area contributed by atoms with Crippen LogP contribution in [0.15, 0.2) is 24.3 Å². The third kappa shape index (κ3) is 3.95. The summed E-state index contributed by atoms with van der Waals surface area (Å²) < 4.78 is 6.59. The number of ether oxygens (including phenoxy) is 1. The van der Waals surface area contributed by atoms with Gasteiger partial charge in [-0.15, -0.1) is 0 Å². The number of nitrogens with zero attached hydrogens (tertiary/aromatic N) is 4. The first-order chi connectivity index (χ1) is 12.2. The zero-order valence-corrected chi connectivity index (χ0v) is 15.3. The number of hydrogen-bond donors (Lipinski definition) is 1. The highest BCUT2D eigenvalue weighted by Gasteiger charge is 2.12. The number of aryl methyl sites for hydroxylation is 2. The van der Waals surface area contributed by atoms with E-state index in [1.54, 1.807) is 11.3 Å². The van der Waals surface area contributed by atoms with Crippen molar-refractivity contribution in [2.24, 2.45) is 0 Å². The minimum atomic E-state index is 0.602. The molecule has 1 aromatic carbocycles. The molecule has 0 bridgehead atoms. The SMILES string of the molecule is Cc1cc(C)nc(Nc2nc3ccc(CN4CCOCC4)cc3s2)n1. The van der Waals surface area contributed by atoms with Crippen LogP contribution in [-0.2, 0) is 11.3 Å². The van der Waals surface area contributed by atoms with Crippen molar-refractivity contribution in [3.63, 3.8) is 0 Å². The summed E-state index contributed by atoms with van der Waals surface area (Å²) in [5, 5.41) is 4.06. The first-order valence-electron chi connectivity index (χ1n) is 8.44. The zero-order valence-electron chi connectivity index (χ0n) is 14.5. The van der Waals surface area contributed by atoms with E-state index in [2.05, 4.69) is 43.4 Å². The third-order valence-corrected chi connectivity index (χ3v) is 5.10. The predicted molar refractivity (Wildman–Crippen MR) is 101 cm³/mol. The molecule has 130 valence electrons. The lowest BCUT2D eigenvalue weighted by molar-refractivity contribution is 0.0342. The van der Waals surface area contributed by atoms with Crippen molar-refractivity contribution in [2.75, 3.05) is 31.6 Å². The van der Waals surface area contributed by atoms with Crippen molar-refractivity contribution in [2.45, 2.75) is 20.4 Å². The predicted octanol–water partition coefficient (Wildman–Crippen LogP) is 3.28. The van der Waals surface area contributed by atoms with E-state index in [9.17, 15) is 0 Å². The van der Waals surface area contributed by atoms with Crippen molar-refractivity contribution in [1.82, 2.24) is 19.9 Å². The summed E-state index contributed by atoms with van der Waals surface area (Å²) in [6, 6.07) is 8.45. The number of benzene rings is 1. The smallest absolute Gasteiger partial charge is 0.229 e. The van der Waals surface area contributed by atoms with Crippen LogP contribution in [0.2, 0.25) is 0 Å². The molecule has 3 heterocycles. The highest BCUT2D eigenvalue weighted by molar-refractivity contribution is 7.22. The van der Waals surface area contributed by atoms with Gasteiger partial charge in [0.05, 0.1) is 23.4 Å². The molecule has 3 aromatic rings. The van der Waals surface area contributed by atoms with Crippen LogP contribution < -0.4 is 5.32 Å². The van der Waals surface area contributed by atoms with Crippen LogP contribution in [0, 0.1) is 13.8 Å². The lowest BCUT2D eigenvalue weighted by Gasteiger charge is -2.26. The summed E-state index contributed by atoms with van der Waals surface area (Å²) >= 11 is 1.63. The van der Waals surface area contributed by atoms with Gasteiger partial charge < -0.3 is 4.74 Å². The second-order valence-corrected chi connectivity index (χ2v) is 7.34. The summed E-state index contributed by atoms with van der Waals surface area (Å²) in [5.41, 5.74) is 4.21. The Morgan fingerprint density at radius 1 is 1.08 bits per heavy atom. The van der Waals surface area contributed by atoms with Gasteiger partial charge in [0.1, 0.15) is 0 Å². The number of rotatable bonds is 4. The summed E-state index contributed by atoms with van der Waals surface area (Å²) in [6.07, 6.45) is 0. The molecule has 1 aliphatic heterocycles. The molecule has 1 aliphatic rings. The molecule has 0 unspecified atom stereocenters. The molecule has 1 saturated heterocycles. The number of thiazole rings is 1. The molecule has 25 heavy (non-hydrogen) atoms. The lowest BCUT2D eigenvalue weighted by Crippen LogP contribution is -2.35. The highest BCUT2D eigenvalue weighted by atomic mass is 32.1. The summed E-state index contributed by atoms with van der Waals surface area (Å²) in [7, 11) is 0. The quantitative estimate of drug-likeness (QED) is 0.775. The van der Waals surface area contributed by atoms with Crippen molar-refractivity contribution in [3.8, 4) is 0 Å². The van der Waals surface area contributed by atoms with Crippen LogP contribution in [0.1, 0.15) is 17.0 Å². The number of fused-ring (bicyclic) bond motifs is 1. The molecule has 1 N–H and O–H groups in total. The van der Waals surface area contributed by atoms with Gasteiger partial charge in [-0.05, 0) is 37.6 Å². The summed E-state index contributed by atoms with van der Waals surface area (Å²) in [6.45, 7) is 8.54. The van der Waals surface area contributed by atoms with E-state index in [4.69, 9.17) is 4.74 Å². The lowest BCUT2D eigenvalue weighted by atomic mass is 10.2. The third-order valence-electron chi connectivity index (χ3n) is 4.16. The molecule has 2 aromatic heterocycles. The van der Waals surface area contributed by atoms with Crippen molar-refractivity contribution < 1.29 is 4.74 Å². The maximum atomic E-state index is 5.41. The fourth-order valence-corrected chi connectivity index (χ4v) is 3.94. The number of anilines is 2. The van der Waals surface area contributed by atoms with Gasteiger partial charge in [-0.3, -0.25) is 10.2 Å². The first-order valence-corrected chi connectivity index (χ1v) is 9.26. The monoisotopic (exact) mass is 355 g/mol. The van der Waals surface area contributed by atoms with Gasteiger partial charge in [-0.2, -0.15) is 0 Å². The number of hydrogen-bond acceptors (Lipinski definition) is 7. The van der Waals surface area contributed by atoms with Crippen LogP contribution in [0.4, 0.5) is 11.1 Å². The fourth-order valence-electron chi connectivity index (χ4n) is 3.02. The molecule has 6 nitrogen and oxygen atoms in total. The normalized spacial score (nSPS) is 15.6. The van der Waals surface area contributed by atoms with Gasteiger partial charge in [-0.25, -0.2) is 15.0 Å². The molecule has 4 rings (SSSR count). The Balaban J connectivity index is 1.53. The molecule has 0 radical (unpaired) electrons. The molecule has 1 fully saturated rings. The van der Waals surface area contributed by atoms with Gasteiger partial charge >= 0.3 is 0 Å². The molecule has 0 saturated carbocycles. The Morgan fingerprint density at radius 2 is 1.84 bits per heavy atom. The Morgan fingerprint density at radius 3 is 2.60 bits per heavy atom. The first kappa shape index (κ1) is 16.4. The van der Waals surface area contributed by atoms with Gasteiger partial charge in [0.2, 0.25) is 5.95 Å². The Bertz CT molecular complexity index is 868. The zero-order chi connectivity index (χ0) is 17.2. The molecule has 0 amide bonds. The van der Waals surface area contributed by atoms with Crippen LogP contribution in [0.25, 0.3) is 10.2 Å². The fraction of sp³-hybridized carbons (Fsp3) is 0.389. The van der Waals surface area contributed by atoms with E-state index in [0.717, 1.165) is 54.9 Å². The highest BCUT2D eigenvalue weighted by Crippen LogP contribution is 2.28. The minimum Gasteiger partial charge on any atom is -0.379 e. The van der Waals surface area contributed by atoms with Gasteiger partial charge in [0.15, 0.2) is 5.13 Å². The Hall–Kier alpha value is -2.09. The van der Waals surface area contributed by atoms with E-state index in [-0.39, 0.29) is 0 Å². The minimum absolute atomic E-state index is 0.602. The van der Waals surface area contributed by atoms with Gasteiger partial charge in [-0.1, -0.05) is 17.4 Å². The van der Waals surface area contributed by atoms with Crippen LogP contribution in [0.3, 0.4) is 0 Å². The van der Waals surface area contributed by atoms with Gasteiger partial charge in [0.25, 0.3) is 0 Å². The van der Waals surface area contributed by atoms with Crippen LogP contribution >= 0.6 is 11.3 Å².